The van der Waals surface area contributed by atoms with E-state index >= 15 is 0 Å². The van der Waals surface area contributed by atoms with Gasteiger partial charge in [-0.25, -0.2) is 4.79 Å². The molecule has 8 N–H and O–H groups in total. The molecular weight excluding hydrogens is 530 g/mol. The highest BCUT2D eigenvalue weighted by molar-refractivity contribution is 7.99. The van der Waals surface area contributed by atoms with E-state index in [-0.39, 0.29) is 35.6 Å². The number of benzene rings is 1. The van der Waals surface area contributed by atoms with Crippen molar-refractivity contribution in [3.63, 3.8) is 0 Å². The van der Waals surface area contributed by atoms with Crippen LogP contribution < -0.4 is 11.1 Å². The quantitative estimate of drug-likeness (QED) is 0.104. The molecular formula is C26H41N3O9S. The van der Waals surface area contributed by atoms with Gasteiger partial charge in [-0.1, -0.05) is 13.3 Å². The van der Waals surface area contributed by atoms with E-state index < -0.39 is 48.0 Å². The van der Waals surface area contributed by atoms with Gasteiger partial charge in [0.1, 0.15) is 47.8 Å². The van der Waals surface area contributed by atoms with Crippen LogP contribution in [0.1, 0.15) is 43.5 Å². The SMILES string of the molecule is CCC[C@@H]1C[C@@H](C(=O)N[C@@H]([C@H]2O[C@H](SCCOC(=O)c3ccc(N)cc3O)[C@H](O)[C@@H](O)[C@H]2O)[C@@H](C)O)N(C)C1. The average Bonchev–Trinajstić information content (AvgIpc) is 3.25. The Morgan fingerprint density at radius 3 is 2.62 bits per heavy atom. The molecule has 0 spiro atoms. The number of phenols is 1. The van der Waals surface area contributed by atoms with E-state index in [2.05, 4.69) is 12.2 Å². The number of likely N-dealkylation sites (N-methyl/N-ethyl adjacent to an activating group) is 1. The number of aliphatic hydroxyl groups is 4. The molecule has 220 valence electrons. The molecule has 9 atom stereocenters. The van der Waals surface area contributed by atoms with Crippen LogP contribution >= 0.6 is 11.8 Å². The van der Waals surface area contributed by atoms with Crippen LogP contribution in [0.2, 0.25) is 0 Å². The number of likely N-dealkylation sites (tertiary alicyclic amines) is 1. The molecule has 1 aromatic rings. The number of phenolic OH excluding ortho intramolecular Hbond substituents is 1. The Labute approximate surface area is 232 Å². The Balaban J connectivity index is 1.59. The van der Waals surface area contributed by atoms with E-state index in [9.17, 15) is 35.1 Å². The zero-order valence-corrected chi connectivity index (χ0v) is 23.3. The summed E-state index contributed by atoms with van der Waals surface area (Å²) in [6, 6.07) is 2.59. The second kappa shape index (κ2) is 14.0. The number of anilines is 1. The minimum Gasteiger partial charge on any atom is -0.507 e. The van der Waals surface area contributed by atoms with Crippen molar-refractivity contribution >= 4 is 29.3 Å². The number of nitrogens with two attached hydrogens (primary N) is 1. The van der Waals surface area contributed by atoms with Gasteiger partial charge in [-0.2, -0.15) is 0 Å². The fraction of sp³-hybridized carbons (Fsp3) is 0.692. The molecule has 0 aliphatic carbocycles. The molecule has 0 saturated carbocycles. The van der Waals surface area contributed by atoms with Gasteiger partial charge in [-0.15, -0.1) is 11.8 Å². The molecule has 3 rings (SSSR count). The summed E-state index contributed by atoms with van der Waals surface area (Å²) in [5.41, 5.74) is 4.76. The van der Waals surface area contributed by atoms with Crippen molar-refractivity contribution in [2.75, 3.05) is 31.7 Å². The number of hydrogen-bond donors (Lipinski definition) is 7. The maximum atomic E-state index is 13.1. The number of carbonyl (C=O) groups excluding carboxylic acids is 2. The first-order valence-electron chi connectivity index (χ1n) is 13.2. The van der Waals surface area contributed by atoms with Gasteiger partial charge in [0, 0.05) is 24.1 Å². The molecule has 0 bridgehead atoms. The van der Waals surface area contributed by atoms with Crippen molar-refractivity contribution in [1.82, 2.24) is 10.2 Å². The summed E-state index contributed by atoms with van der Waals surface area (Å²) in [5.74, 6) is -0.833. The number of amides is 1. The summed E-state index contributed by atoms with van der Waals surface area (Å²) in [6.45, 7) is 4.24. The Bertz CT molecular complexity index is 984. The molecule has 13 heteroatoms. The topological polar surface area (TPSA) is 195 Å². The Morgan fingerprint density at radius 2 is 1.97 bits per heavy atom. The number of esters is 1. The maximum Gasteiger partial charge on any atom is 0.341 e. The normalized spacial score (nSPS) is 31.0. The Hall–Kier alpha value is -2.13. The number of rotatable bonds is 11. The van der Waals surface area contributed by atoms with Crippen molar-refractivity contribution in [2.24, 2.45) is 5.92 Å². The number of thioether (sulfide) groups is 1. The lowest BCUT2D eigenvalue weighted by Crippen LogP contribution is -2.65. The van der Waals surface area contributed by atoms with Gasteiger partial charge in [0.25, 0.3) is 0 Å². The molecule has 39 heavy (non-hydrogen) atoms. The number of nitrogens with one attached hydrogen (secondary N) is 1. The van der Waals surface area contributed by atoms with E-state index in [0.29, 0.717) is 18.0 Å². The van der Waals surface area contributed by atoms with Crippen LogP contribution in [0.4, 0.5) is 5.69 Å². The molecule has 12 nitrogen and oxygen atoms in total. The minimum absolute atomic E-state index is 0.0498. The number of aliphatic hydroxyl groups excluding tert-OH is 4. The number of ether oxygens (including phenoxy) is 2. The number of nitrogens with zero attached hydrogens (tertiary/aromatic N) is 1. The highest BCUT2D eigenvalue weighted by Gasteiger charge is 2.49. The summed E-state index contributed by atoms with van der Waals surface area (Å²) in [7, 11) is 1.87. The predicted molar refractivity (Wildman–Crippen MR) is 145 cm³/mol. The van der Waals surface area contributed by atoms with Crippen LogP contribution in [0, 0.1) is 5.92 Å². The number of carbonyl (C=O) groups is 2. The molecule has 2 aliphatic rings. The summed E-state index contributed by atoms with van der Waals surface area (Å²) >= 11 is 1.03. The van der Waals surface area contributed by atoms with Crippen LogP contribution in [-0.2, 0) is 14.3 Å². The molecule has 2 aliphatic heterocycles. The van der Waals surface area contributed by atoms with E-state index in [1.165, 1.54) is 25.1 Å². The lowest BCUT2D eigenvalue weighted by molar-refractivity contribution is -0.211. The molecule has 2 saturated heterocycles. The van der Waals surface area contributed by atoms with Crippen LogP contribution in [0.15, 0.2) is 18.2 Å². The largest absolute Gasteiger partial charge is 0.507 e. The zero-order chi connectivity index (χ0) is 28.9. The first-order valence-corrected chi connectivity index (χ1v) is 14.2. The zero-order valence-electron chi connectivity index (χ0n) is 22.5. The minimum atomic E-state index is -1.60. The van der Waals surface area contributed by atoms with E-state index in [4.69, 9.17) is 15.2 Å². The second-order valence-electron chi connectivity index (χ2n) is 10.3. The van der Waals surface area contributed by atoms with Gasteiger partial charge in [0.05, 0.1) is 18.2 Å². The molecule has 2 heterocycles. The fourth-order valence-electron chi connectivity index (χ4n) is 5.17. The number of nitrogen functional groups attached to an aromatic ring is 1. The second-order valence-corrected chi connectivity index (χ2v) is 11.6. The molecule has 1 aromatic carbocycles. The van der Waals surface area contributed by atoms with Gasteiger partial charge in [-0.3, -0.25) is 9.69 Å². The van der Waals surface area contributed by atoms with E-state index in [1.807, 2.05) is 11.9 Å². The van der Waals surface area contributed by atoms with Crippen LogP contribution in [0.5, 0.6) is 5.75 Å². The lowest BCUT2D eigenvalue weighted by atomic mass is 9.92. The van der Waals surface area contributed by atoms with Crippen molar-refractivity contribution < 1.29 is 44.6 Å². The monoisotopic (exact) mass is 571 g/mol. The third-order valence-corrected chi connectivity index (χ3v) is 8.38. The van der Waals surface area contributed by atoms with Gasteiger partial charge in [-0.05, 0) is 44.9 Å². The summed E-state index contributed by atoms with van der Waals surface area (Å²) in [6.07, 6.45) is -4.27. The van der Waals surface area contributed by atoms with Gasteiger partial charge >= 0.3 is 5.97 Å². The van der Waals surface area contributed by atoms with Crippen molar-refractivity contribution in [3.05, 3.63) is 23.8 Å². The lowest BCUT2D eigenvalue weighted by Gasteiger charge is -2.44. The summed E-state index contributed by atoms with van der Waals surface area (Å²) in [5, 5.41) is 54.9. The summed E-state index contributed by atoms with van der Waals surface area (Å²) < 4.78 is 11.1. The molecule has 0 aromatic heterocycles. The molecule has 2 fully saturated rings. The predicted octanol–water partition coefficient (Wildman–Crippen LogP) is -0.342. The fourth-order valence-corrected chi connectivity index (χ4v) is 6.15. The van der Waals surface area contributed by atoms with Gasteiger partial charge < -0.3 is 46.1 Å². The first-order chi connectivity index (χ1) is 18.4. The van der Waals surface area contributed by atoms with Crippen LogP contribution in [0.3, 0.4) is 0 Å². The van der Waals surface area contributed by atoms with E-state index in [0.717, 1.165) is 31.1 Å². The molecule has 0 radical (unpaired) electrons. The maximum absolute atomic E-state index is 13.1. The third-order valence-electron chi connectivity index (χ3n) is 7.26. The van der Waals surface area contributed by atoms with E-state index in [1.54, 1.807) is 0 Å². The number of aromatic hydroxyl groups is 1. The average molecular weight is 572 g/mol. The van der Waals surface area contributed by atoms with Crippen molar-refractivity contribution in [2.45, 2.75) is 81.1 Å². The summed E-state index contributed by atoms with van der Waals surface area (Å²) in [4.78, 5) is 27.3. The number of hydrogen-bond acceptors (Lipinski definition) is 12. The standard InChI is InChI=1S/C26H41N3O9S/c1-4-5-14-10-17(29(3)12-14)24(35)28-19(13(2)30)23-21(33)20(32)22(34)26(38-23)39-9-8-37-25(36)16-7-6-15(27)11-18(16)31/h6-7,11,13-14,17,19-23,26,30-34H,4-5,8-10,12,27H2,1-3H3,(H,28,35)/t13-,14-,17+,19-,20+,21-,22-,23-,26-/m1/s1. The Morgan fingerprint density at radius 1 is 1.26 bits per heavy atom. The molecule has 1 amide bonds. The smallest absolute Gasteiger partial charge is 0.341 e. The van der Waals surface area contributed by atoms with Gasteiger partial charge in [0.2, 0.25) is 5.91 Å². The van der Waals surface area contributed by atoms with Crippen LogP contribution in [-0.4, -0.2) is 116 Å². The van der Waals surface area contributed by atoms with Crippen molar-refractivity contribution in [3.8, 4) is 5.75 Å². The first kappa shape index (κ1) is 31.4. The highest BCUT2D eigenvalue weighted by Crippen LogP contribution is 2.32. The highest BCUT2D eigenvalue weighted by atomic mass is 32.2. The third kappa shape index (κ3) is 7.75. The van der Waals surface area contributed by atoms with Crippen LogP contribution in [0.25, 0.3) is 0 Å². The Kier molecular flexibility index (Phi) is 11.2. The van der Waals surface area contributed by atoms with Crippen molar-refractivity contribution in [1.29, 1.82) is 0 Å². The molecule has 0 unspecified atom stereocenters. The van der Waals surface area contributed by atoms with Gasteiger partial charge in [0.15, 0.2) is 0 Å².